The molecule has 0 fully saturated rings. The highest BCUT2D eigenvalue weighted by molar-refractivity contribution is 6.06. The average molecular weight is 363 g/mol. The summed E-state index contributed by atoms with van der Waals surface area (Å²) in [5, 5.41) is 1.94. The van der Waals surface area contributed by atoms with Crippen LogP contribution >= 0.6 is 0 Å². The standard InChI is InChI=1S/C22H21NO4/c1-12-19(14(3)24)13(2)23-20(12)21(25)15(4)27-22(26)18-10-9-16-7-5-6-8-17(16)11-18/h5-11,15,23H,1-4H3/t15-/m0/s1. The largest absolute Gasteiger partial charge is 0.451 e. The van der Waals surface area contributed by atoms with E-state index in [0.29, 0.717) is 28.1 Å². The molecule has 0 aliphatic heterocycles. The van der Waals surface area contributed by atoms with E-state index in [9.17, 15) is 14.4 Å². The maximum atomic E-state index is 12.7. The van der Waals surface area contributed by atoms with Crippen LogP contribution in [-0.4, -0.2) is 28.6 Å². The van der Waals surface area contributed by atoms with Gasteiger partial charge < -0.3 is 9.72 Å². The molecule has 0 spiro atoms. The van der Waals surface area contributed by atoms with E-state index < -0.39 is 12.1 Å². The molecule has 27 heavy (non-hydrogen) atoms. The van der Waals surface area contributed by atoms with Gasteiger partial charge in [0.25, 0.3) is 0 Å². The third kappa shape index (κ3) is 3.53. The van der Waals surface area contributed by atoms with Gasteiger partial charge in [-0.2, -0.15) is 0 Å². The Hall–Kier alpha value is -3.21. The quantitative estimate of drug-likeness (QED) is 0.538. The fourth-order valence-electron chi connectivity index (χ4n) is 3.33. The predicted octanol–water partition coefficient (Wildman–Crippen LogP) is 4.42. The van der Waals surface area contributed by atoms with Gasteiger partial charge in [-0.15, -0.1) is 0 Å². The zero-order chi connectivity index (χ0) is 19.7. The van der Waals surface area contributed by atoms with Crippen molar-refractivity contribution in [2.24, 2.45) is 0 Å². The van der Waals surface area contributed by atoms with E-state index >= 15 is 0 Å². The second-order valence-corrected chi connectivity index (χ2v) is 6.65. The number of H-pyrrole nitrogens is 1. The van der Waals surface area contributed by atoms with E-state index in [-0.39, 0.29) is 11.6 Å². The summed E-state index contributed by atoms with van der Waals surface area (Å²) >= 11 is 0. The van der Waals surface area contributed by atoms with Crippen LogP contribution in [0.1, 0.15) is 56.3 Å². The second-order valence-electron chi connectivity index (χ2n) is 6.65. The number of nitrogens with one attached hydrogen (secondary N) is 1. The highest BCUT2D eigenvalue weighted by Crippen LogP contribution is 2.21. The summed E-state index contributed by atoms with van der Waals surface area (Å²) in [6, 6.07) is 13.0. The summed E-state index contributed by atoms with van der Waals surface area (Å²) in [6.45, 7) is 6.45. The summed E-state index contributed by atoms with van der Waals surface area (Å²) in [4.78, 5) is 39.9. The highest BCUT2D eigenvalue weighted by atomic mass is 16.5. The minimum absolute atomic E-state index is 0.110. The second kappa shape index (κ2) is 7.19. The van der Waals surface area contributed by atoms with Crippen molar-refractivity contribution < 1.29 is 19.1 Å². The lowest BCUT2D eigenvalue weighted by Crippen LogP contribution is -2.25. The molecular weight excluding hydrogens is 342 g/mol. The highest BCUT2D eigenvalue weighted by Gasteiger charge is 2.26. The number of carbonyl (C=O) groups excluding carboxylic acids is 3. The first-order chi connectivity index (χ1) is 12.8. The molecule has 1 atom stereocenters. The molecule has 0 unspecified atom stereocenters. The van der Waals surface area contributed by atoms with Gasteiger partial charge in [0.1, 0.15) is 0 Å². The summed E-state index contributed by atoms with van der Waals surface area (Å²) in [5.41, 5.74) is 2.41. The molecule has 3 rings (SSSR count). The summed E-state index contributed by atoms with van der Waals surface area (Å²) in [5.74, 6) is -1.03. The van der Waals surface area contributed by atoms with Gasteiger partial charge >= 0.3 is 5.97 Å². The number of esters is 1. The Balaban J connectivity index is 1.80. The normalized spacial score (nSPS) is 12.0. The molecule has 2 aromatic carbocycles. The van der Waals surface area contributed by atoms with Crippen LogP contribution in [0.3, 0.4) is 0 Å². The van der Waals surface area contributed by atoms with E-state index in [2.05, 4.69) is 4.98 Å². The Labute approximate surface area is 157 Å². The molecule has 0 aliphatic carbocycles. The van der Waals surface area contributed by atoms with Crippen molar-refractivity contribution in [1.29, 1.82) is 0 Å². The van der Waals surface area contributed by atoms with Gasteiger partial charge in [0.05, 0.1) is 11.3 Å². The minimum atomic E-state index is -0.972. The lowest BCUT2D eigenvalue weighted by Gasteiger charge is -2.12. The molecule has 138 valence electrons. The molecule has 0 amide bonds. The van der Waals surface area contributed by atoms with E-state index in [0.717, 1.165) is 10.8 Å². The van der Waals surface area contributed by atoms with Crippen molar-refractivity contribution in [3.05, 3.63) is 70.5 Å². The molecule has 3 aromatic rings. The number of aromatic amines is 1. The first kappa shape index (κ1) is 18.6. The van der Waals surface area contributed by atoms with Gasteiger partial charge in [0.2, 0.25) is 5.78 Å². The van der Waals surface area contributed by atoms with Crippen LogP contribution < -0.4 is 0 Å². The van der Waals surface area contributed by atoms with Gasteiger partial charge in [-0.05, 0) is 56.2 Å². The van der Waals surface area contributed by atoms with E-state index in [1.54, 1.807) is 26.0 Å². The third-order valence-corrected chi connectivity index (χ3v) is 4.67. The van der Waals surface area contributed by atoms with Gasteiger partial charge in [-0.25, -0.2) is 4.79 Å². The van der Waals surface area contributed by atoms with Crippen molar-refractivity contribution in [2.45, 2.75) is 33.8 Å². The molecular formula is C22H21NO4. The smallest absolute Gasteiger partial charge is 0.338 e. The molecule has 1 N–H and O–H groups in total. The van der Waals surface area contributed by atoms with Crippen LogP contribution in [0.5, 0.6) is 0 Å². The number of Topliss-reactive ketones (excluding diaryl/α,β-unsaturated/α-hetero) is 2. The first-order valence-corrected chi connectivity index (χ1v) is 8.73. The van der Waals surface area contributed by atoms with Gasteiger partial charge in [0.15, 0.2) is 11.9 Å². The fourth-order valence-corrected chi connectivity index (χ4v) is 3.33. The topological polar surface area (TPSA) is 76.2 Å². The number of ether oxygens (including phenoxy) is 1. The summed E-state index contributed by atoms with van der Waals surface area (Å²) < 4.78 is 5.37. The molecule has 5 heteroatoms. The SMILES string of the molecule is CC(=O)c1c(C)[nH]c(C(=O)[C@H](C)OC(=O)c2ccc3ccccc3c2)c1C. The number of ketones is 2. The van der Waals surface area contributed by atoms with Crippen molar-refractivity contribution in [3.8, 4) is 0 Å². The van der Waals surface area contributed by atoms with Crippen LogP contribution in [0.25, 0.3) is 10.8 Å². The number of aromatic nitrogens is 1. The Bertz CT molecular complexity index is 1060. The third-order valence-electron chi connectivity index (χ3n) is 4.67. The van der Waals surface area contributed by atoms with Crippen LogP contribution in [0.4, 0.5) is 0 Å². The molecule has 0 aliphatic rings. The summed E-state index contributed by atoms with van der Waals surface area (Å²) in [7, 11) is 0. The van der Waals surface area contributed by atoms with Crippen molar-refractivity contribution >= 4 is 28.3 Å². The molecule has 0 saturated carbocycles. The first-order valence-electron chi connectivity index (χ1n) is 8.73. The monoisotopic (exact) mass is 363 g/mol. The zero-order valence-corrected chi connectivity index (χ0v) is 15.8. The fraction of sp³-hybridized carbons (Fsp3) is 0.227. The van der Waals surface area contributed by atoms with Crippen LogP contribution in [-0.2, 0) is 4.74 Å². The predicted molar refractivity (Wildman–Crippen MR) is 103 cm³/mol. The Morgan fingerprint density at radius 3 is 2.30 bits per heavy atom. The molecule has 0 bridgehead atoms. The lowest BCUT2D eigenvalue weighted by atomic mass is 10.0. The number of hydrogen-bond acceptors (Lipinski definition) is 4. The average Bonchev–Trinajstić information content (AvgIpc) is 2.94. The van der Waals surface area contributed by atoms with Gasteiger partial charge in [-0.1, -0.05) is 30.3 Å². The van der Waals surface area contributed by atoms with Gasteiger partial charge in [-0.3, -0.25) is 9.59 Å². The van der Waals surface area contributed by atoms with E-state index in [4.69, 9.17) is 4.74 Å². The molecule has 5 nitrogen and oxygen atoms in total. The molecule has 1 aromatic heterocycles. The van der Waals surface area contributed by atoms with Crippen molar-refractivity contribution in [2.75, 3.05) is 0 Å². The number of benzene rings is 2. The van der Waals surface area contributed by atoms with E-state index in [1.807, 2.05) is 30.3 Å². The van der Waals surface area contributed by atoms with E-state index in [1.165, 1.54) is 13.8 Å². The molecule has 0 saturated heterocycles. The zero-order valence-electron chi connectivity index (χ0n) is 15.8. The van der Waals surface area contributed by atoms with Crippen molar-refractivity contribution in [1.82, 2.24) is 4.98 Å². The minimum Gasteiger partial charge on any atom is -0.451 e. The Morgan fingerprint density at radius 2 is 1.67 bits per heavy atom. The number of rotatable bonds is 5. The Morgan fingerprint density at radius 1 is 1.00 bits per heavy atom. The van der Waals surface area contributed by atoms with Crippen LogP contribution in [0.2, 0.25) is 0 Å². The van der Waals surface area contributed by atoms with Crippen LogP contribution in [0.15, 0.2) is 42.5 Å². The van der Waals surface area contributed by atoms with Gasteiger partial charge in [0, 0.05) is 11.3 Å². The lowest BCUT2D eigenvalue weighted by molar-refractivity contribution is 0.0317. The maximum absolute atomic E-state index is 12.7. The number of carbonyl (C=O) groups is 3. The van der Waals surface area contributed by atoms with Crippen LogP contribution in [0, 0.1) is 13.8 Å². The molecule has 0 radical (unpaired) electrons. The number of fused-ring (bicyclic) bond motifs is 1. The summed E-state index contributed by atoms with van der Waals surface area (Å²) in [6.07, 6.45) is -0.972. The number of aryl methyl sites for hydroxylation is 1. The van der Waals surface area contributed by atoms with Crippen molar-refractivity contribution in [3.63, 3.8) is 0 Å². The molecule has 1 heterocycles. The Kier molecular flexibility index (Phi) is 4.95. The maximum Gasteiger partial charge on any atom is 0.338 e. The number of hydrogen-bond donors (Lipinski definition) is 1.